The van der Waals surface area contributed by atoms with E-state index < -0.39 is 23.7 Å². The minimum absolute atomic E-state index is 0.121. The molecule has 1 saturated heterocycles. The standard InChI is InChI=1S/C26H25F3N6O3S/c1-15-3-4-18(23(36)34-22-12-19(7-8-31-22)26(27,28)29)11-17(15)5-6-20-13-32-25(39-20)35-24(37)33-16(2)21-14-30-9-10-38-21/h3-4,7-8,11-13,16,21,30H,9-10,14H2,1-2H3,(H,31,34,36)(H2,32,33,35,37). The van der Waals surface area contributed by atoms with E-state index in [0.717, 1.165) is 30.4 Å². The molecule has 0 spiro atoms. The number of anilines is 2. The lowest BCUT2D eigenvalue weighted by molar-refractivity contribution is -0.137. The molecule has 1 aromatic carbocycles. The number of rotatable bonds is 5. The van der Waals surface area contributed by atoms with Gasteiger partial charge in [-0.2, -0.15) is 13.2 Å². The van der Waals surface area contributed by atoms with Crippen LogP contribution in [0.2, 0.25) is 0 Å². The molecular weight excluding hydrogens is 533 g/mol. The van der Waals surface area contributed by atoms with Crippen molar-refractivity contribution in [3.8, 4) is 11.8 Å². The molecule has 9 nitrogen and oxygen atoms in total. The summed E-state index contributed by atoms with van der Waals surface area (Å²) in [5.41, 5.74) is 0.644. The van der Waals surface area contributed by atoms with Gasteiger partial charge >= 0.3 is 12.2 Å². The lowest BCUT2D eigenvalue weighted by Crippen LogP contribution is -2.51. The van der Waals surface area contributed by atoms with E-state index >= 15 is 0 Å². The lowest BCUT2D eigenvalue weighted by Gasteiger charge is -2.29. The summed E-state index contributed by atoms with van der Waals surface area (Å²) in [7, 11) is 0. The molecule has 2 atom stereocenters. The van der Waals surface area contributed by atoms with Gasteiger partial charge in [0.2, 0.25) is 0 Å². The van der Waals surface area contributed by atoms with Crippen molar-refractivity contribution in [1.29, 1.82) is 0 Å². The fourth-order valence-corrected chi connectivity index (χ4v) is 4.28. The Kier molecular flexibility index (Phi) is 8.80. The second-order valence-corrected chi connectivity index (χ2v) is 9.72. The molecule has 39 heavy (non-hydrogen) atoms. The van der Waals surface area contributed by atoms with E-state index in [4.69, 9.17) is 4.74 Å². The Morgan fingerprint density at radius 3 is 2.74 bits per heavy atom. The van der Waals surface area contributed by atoms with E-state index in [9.17, 15) is 22.8 Å². The summed E-state index contributed by atoms with van der Waals surface area (Å²) in [6, 6.07) is 5.77. The Labute approximate surface area is 226 Å². The zero-order valence-corrected chi connectivity index (χ0v) is 21.8. The molecule has 3 aromatic rings. The molecule has 4 N–H and O–H groups in total. The molecule has 1 fully saturated rings. The molecule has 4 rings (SSSR count). The van der Waals surface area contributed by atoms with Crippen molar-refractivity contribution in [3.05, 3.63) is 69.9 Å². The molecule has 0 aliphatic carbocycles. The van der Waals surface area contributed by atoms with Crippen LogP contribution in [-0.4, -0.2) is 53.7 Å². The third-order valence-corrected chi connectivity index (χ3v) is 6.58. The number of nitrogens with one attached hydrogen (secondary N) is 4. The zero-order valence-electron chi connectivity index (χ0n) is 21.0. The molecule has 3 amide bonds. The van der Waals surface area contributed by atoms with Gasteiger partial charge in [0.25, 0.3) is 5.91 Å². The number of halogens is 3. The molecule has 0 bridgehead atoms. The average Bonchev–Trinajstić information content (AvgIpc) is 3.35. The minimum atomic E-state index is -4.55. The number of morpholine rings is 1. The number of hydrogen-bond donors (Lipinski definition) is 4. The van der Waals surface area contributed by atoms with Crippen molar-refractivity contribution in [3.63, 3.8) is 0 Å². The third-order valence-electron chi connectivity index (χ3n) is 5.75. The summed E-state index contributed by atoms with van der Waals surface area (Å²) in [6.07, 6.45) is -2.17. The van der Waals surface area contributed by atoms with Crippen molar-refractivity contribution in [1.82, 2.24) is 20.6 Å². The average molecular weight is 559 g/mol. The number of pyridine rings is 1. The summed E-state index contributed by atoms with van der Waals surface area (Å²) in [4.78, 5) is 33.5. The van der Waals surface area contributed by atoms with Gasteiger partial charge in [0.1, 0.15) is 5.82 Å². The van der Waals surface area contributed by atoms with Gasteiger partial charge in [-0.3, -0.25) is 10.1 Å². The van der Waals surface area contributed by atoms with Crippen LogP contribution in [0.1, 0.15) is 38.8 Å². The number of hydrogen-bond acceptors (Lipinski definition) is 7. The van der Waals surface area contributed by atoms with Crippen LogP contribution in [0, 0.1) is 18.8 Å². The van der Waals surface area contributed by atoms with E-state index in [0.29, 0.717) is 28.7 Å². The number of benzene rings is 1. The number of ether oxygens (including phenoxy) is 1. The predicted molar refractivity (Wildman–Crippen MR) is 141 cm³/mol. The monoisotopic (exact) mass is 558 g/mol. The first-order valence-corrected chi connectivity index (χ1v) is 12.7. The summed E-state index contributed by atoms with van der Waals surface area (Å²) < 4.78 is 44.5. The van der Waals surface area contributed by atoms with Crippen LogP contribution in [0.3, 0.4) is 0 Å². The molecule has 1 aliphatic heterocycles. The number of amides is 3. The molecular formula is C26H25F3N6O3S. The summed E-state index contributed by atoms with van der Waals surface area (Å²) in [5, 5.41) is 11.5. The van der Waals surface area contributed by atoms with Gasteiger partial charge in [0, 0.05) is 30.4 Å². The Morgan fingerprint density at radius 1 is 1.18 bits per heavy atom. The Balaban J connectivity index is 1.39. The van der Waals surface area contributed by atoms with E-state index in [-0.39, 0.29) is 23.5 Å². The Bertz CT molecular complexity index is 1410. The first-order chi connectivity index (χ1) is 18.6. The van der Waals surface area contributed by atoms with E-state index in [1.807, 2.05) is 13.8 Å². The number of aromatic nitrogens is 2. The number of nitrogens with zero attached hydrogens (tertiary/aromatic N) is 2. The quantitative estimate of drug-likeness (QED) is 0.352. The normalized spacial score (nSPS) is 16.0. The number of urea groups is 1. The highest BCUT2D eigenvalue weighted by Gasteiger charge is 2.31. The SMILES string of the molecule is Cc1ccc(C(=O)Nc2cc(C(F)(F)F)ccn2)cc1C#Cc1cnc(NC(=O)NC(C)C2CNCCO2)s1. The number of alkyl halides is 3. The second-order valence-electron chi connectivity index (χ2n) is 8.69. The minimum Gasteiger partial charge on any atom is -0.373 e. The summed E-state index contributed by atoms with van der Waals surface area (Å²) in [5.74, 6) is 5.11. The van der Waals surface area contributed by atoms with Crippen LogP contribution < -0.4 is 21.3 Å². The molecule has 1 aliphatic rings. The topological polar surface area (TPSA) is 117 Å². The Morgan fingerprint density at radius 2 is 2.00 bits per heavy atom. The second kappa shape index (κ2) is 12.2. The van der Waals surface area contributed by atoms with Crippen molar-refractivity contribution < 1.29 is 27.5 Å². The van der Waals surface area contributed by atoms with E-state index in [1.54, 1.807) is 18.2 Å². The zero-order chi connectivity index (χ0) is 28.0. The van der Waals surface area contributed by atoms with Gasteiger partial charge in [0.15, 0.2) is 5.13 Å². The van der Waals surface area contributed by atoms with Gasteiger partial charge in [-0.25, -0.2) is 14.8 Å². The predicted octanol–water partition coefficient (Wildman–Crippen LogP) is 4.02. The molecule has 0 radical (unpaired) electrons. The number of carbonyl (C=O) groups is 2. The number of aryl methyl sites for hydroxylation is 1. The van der Waals surface area contributed by atoms with Crippen molar-refractivity contribution in [2.24, 2.45) is 0 Å². The maximum atomic E-state index is 12.9. The summed E-state index contributed by atoms with van der Waals surface area (Å²) in [6.45, 7) is 5.71. The largest absolute Gasteiger partial charge is 0.416 e. The molecule has 2 unspecified atom stereocenters. The highest BCUT2D eigenvalue weighted by Crippen LogP contribution is 2.30. The highest BCUT2D eigenvalue weighted by atomic mass is 32.1. The van der Waals surface area contributed by atoms with Gasteiger partial charge in [-0.15, -0.1) is 0 Å². The molecule has 2 aromatic heterocycles. The van der Waals surface area contributed by atoms with E-state index in [1.165, 1.54) is 17.5 Å². The van der Waals surface area contributed by atoms with E-state index in [2.05, 4.69) is 43.1 Å². The van der Waals surface area contributed by atoms with Crippen molar-refractivity contribution in [2.45, 2.75) is 32.2 Å². The Hall–Kier alpha value is -3.99. The first kappa shape index (κ1) is 28.0. The van der Waals surface area contributed by atoms with Crippen LogP contribution in [-0.2, 0) is 10.9 Å². The molecule has 0 saturated carbocycles. The molecule has 204 valence electrons. The fourth-order valence-electron chi connectivity index (χ4n) is 3.62. The maximum Gasteiger partial charge on any atom is 0.416 e. The molecule has 3 heterocycles. The van der Waals surface area contributed by atoms with Gasteiger partial charge < -0.3 is 20.7 Å². The van der Waals surface area contributed by atoms with Crippen LogP contribution in [0.15, 0.2) is 42.7 Å². The fraction of sp³-hybridized carbons (Fsp3) is 0.308. The summed E-state index contributed by atoms with van der Waals surface area (Å²) >= 11 is 1.18. The third kappa shape index (κ3) is 7.76. The van der Waals surface area contributed by atoms with Crippen LogP contribution in [0.5, 0.6) is 0 Å². The van der Waals surface area contributed by atoms with Crippen molar-refractivity contribution in [2.75, 3.05) is 30.3 Å². The van der Waals surface area contributed by atoms with Crippen molar-refractivity contribution >= 4 is 34.2 Å². The van der Waals surface area contributed by atoms with Crippen LogP contribution >= 0.6 is 11.3 Å². The maximum absolute atomic E-state index is 12.9. The smallest absolute Gasteiger partial charge is 0.373 e. The van der Waals surface area contributed by atoms with Gasteiger partial charge in [0.05, 0.1) is 35.4 Å². The number of carbonyl (C=O) groups excluding carboxylic acids is 2. The first-order valence-electron chi connectivity index (χ1n) is 11.9. The number of thiazole rings is 1. The van der Waals surface area contributed by atoms with Crippen LogP contribution in [0.4, 0.5) is 28.9 Å². The van der Waals surface area contributed by atoms with Gasteiger partial charge in [-0.05, 0) is 49.6 Å². The highest BCUT2D eigenvalue weighted by molar-refractivity contribution is 7.16. The molecule has 13 heteroatoms. The van der Waals surface area contributed by atoms with Crippen LogP contribution in [0.25, 0.3) is 0 Å². The van der Waals surface area contributed by atoms with Gasteiger partial charge in [-0.1, -0.05) is 23.3 Å². The lowest BCUT2D eigenvalue weighted by atomic mass is 10.0.